The van der Waals surface area contributed by atoms with Gasteiger partial charge in [-0.1, -0.05) is 0 Å². The number of aryl methyl sites for hydroxylation is 1. The molecule has 1 saturated carbocycles. The number of hydrogen-bond donors (Lipinski definition) is 1. The summed E-state index contributed by atoms with van der Waals surface area (Å²) < 4.78 is 10.6. The van der Waals surface area contributed by atoms with Crippen LogP contribution in [0.25, 0.3) is 0 Å². The molecule has 1 aliphatic rings. The van der Waals surface area contributed by atoms with Gasteiger partial charge >= 0.3 is 0 Å². The van der Waals surface area contributed by atoms with Crippen LogP contribution in [0.5, 0.6) is 0 Å². The van der Waals surface area contributed by atoms with E-state index in [9.17, 15) is 0 Å². The predicted molar refractivity (Wildman–Crippen MR) is 56.5 cm³/mol. The van der Waals surface area contributed by atoms with Gasteiger partial charge in [0.1, 0.15) is 5.76 Å². The lowest BCUT2D eigenvalue weighted by Crippen LogP contribution is -2.34. The van der Waals surface area contributed by atoms with Crippen LogP contribution in [0, 0.1) is 12.8 Å². The molecule has 4 nitrogen and oxygen atoms in total. The predicted octanol–water partition coefficient (Wildman–Crippen LogP) is 1.50. The van der Waals surface area contributed by atoms with Crippen LogP contribution in [0.2, 0.25) is 0 Å². The molecule has 1 aromatic rings. The second-order valence-electron chi connectivity index (χ2n) is 4.14. The van der Waals surface area contributed by atoms with Gasteiger partial charge in [0, 0.05) is 13.2 Å². The van der Waals surface area contributed by atoms with Crippen molar-refractivity contribution in [1.82, 2.24) is 10.3 Å². The normalized spacial score (nSPS) is 18.0. The molecule has 0 saturated heterocycles. The van der Waals surface area contributed by atoms with Gasteiger partial charge in [0.05, 0.1) is 19.3 Å². The third-order valence-electron chi connectivity index (χ3n) is 2.72. The summed E-state index contributed by atoms with van der Waals surface area (Å²) >= 11 is 0. The van der Waals surface area contributed by atoms with E-state index in [4.69, 9.17) is 9.15 Å². The lowest BCUT2D eigenvalue weighted by atomic mass is 10.2. The summed E-state index contributed by atoms with van der Waals surface area (Å²) in [4.78, 5) is 4.16. The Morgan fingerprint density at radius 1 is 1.67 bits per heavy atom. The number of nitrogens with zero attached hydrogens (tertiary/aromatic N) is 1. The highest BCUT2D eigenvalue weighted by molar-refractivity contribution is 4.92. The van der Waals surface area contributed by atoms with Gasteiger partial charge in [-0.2, -0.15) is 0 Å². The van der Waals surface area contributed by atoms with Crippen LogP contribution in [-0.2, 0) is 11.3 Å². The van der Waals surface area contributed by atoms with Crippen molar-refractivity contribution in [3.63, 3.8) is 0 Å². The third kappa shape index (κ3) is 3.04. The summed E-state index contributed by atoms with van der Waals surface area (Å²) in [6.07, 6.45) is 4.37. The Hall–Kier alpha value is -0.870. The lowest BCUT2D eigenvalue weighted by Gasteiger charge is -2.15. The molecule has 2 rings (SSSR count). The van der Waals surface area contributed by atoms with E-state index in [1.54, 1.807) is 13.3 Å². The maximum Gasteiger partial charge on any atom is 0.208 e. The Labute approximate surface area is 90.0 Å². The van der Waals surface area contributed by atoms with E-state index in [1.807, 2.05) is 6.92 Å². The number of methoxy groups -OCH3 is 1. The zero-order valence-corrected chi connectivity index (χ0v) is 9.32. The number of aromatic nitrogens is 1. The topological polar surface area (TPSA) is 47.3 Å². The van der Waals surface area contributed by atoms with Crippen LogP contribution in [0.4, 0.5) is 0 Å². The zero-order valence-electron chi connectivity index (χ0n) is 9.32. The van der Waals surface area contributed by atoms with Crippen LogP contribution in [0.3, 0.4) is 0 Å². The molecule has 0 spiro atoms. The SMILES string of the molecule is COC[C@@H](NCc1ncc(C)o1)C1CC1. The first kappa shape index (κ1) is 10.6. The molecule has 1 aliphatic carbocycles. The summed E-state index contributed by atoms with van der Waals surface area (Å²) in [6, 6.07) is 0.446. The fourth-order valence-corrected chi connectivity index (χ4v) is 1.74. The molecule has 0 amide bonds. The van der Waals surface area contributed by atoms with Gasteiger partial charge in [0.25, 0.3) is 0 Å². The van der Waals surface area contributed by atoms with E-state index in [2.05, 4.69) is 10.3 Å². The van der Waals surface area contributed by atoms with Crippen molar-refractivity contribution < 1.29 is 9.15 Å². The molecule has 0 radical (unpaired) electrons. The zero-order chi connectivity index (χ0) is 10.7. The largest absolute Gasteiger partial charge is 0.445 e. The fraction of sp³-hybridized carbons (Fsp3) is 0.727. The molecule has 1 heterocycles. The number of nitrogens with one attached hydrogen (secondary N) is 1. The monoisotopic (exact) mass is 210 g/mol. The van der Waals surface area contributed by atoms with Crippen molar-refractivity contribution in [2.24, 2.45) is 5.92 Å². The first-order valence-corrected chi connectivity index (χ1v) is 5.43. The average Bonchev–Trinajstić information content (AvgIpc) is 2.97. The molecule has 1 aromatic heterocycles. The second kappa shape index (κ2) is 4.77. The van der Waals surface area contributed by atoms with E-state index >= 15 is 0 Å². The standard InChI is InChI=1S/C11H18N2O2/c1-8-5-13-11(15-8)6-12-10(7-14-2)9-3-4-9/h5,9-10,12H,3-4,6-7H2,1-2H3/t10-/m1/s1. The van der Waals surface area contributed by atoms with Crippen molar-refractivity contribution >= 4 is 0 Å². The minimum absolute atomic E-state index is 0.446. The van der Waals surface area contributed by atoms with Crippen LogP contribution in [0.15, 0.2) is 10.6 Å². The number of hydrogen-bond acceptors (Lipinski definition) is 4. The minimum atomic E-state index is 0.446. The smallest absolute Gasteiger partial charge is 0.208 e. The molecule has 4 heteroatoms. The second-order valence-corrected chi connectivity index (χ2v) is 4.14. The Balaban J connectivity index is 1.79. The highest BCUT2D eigenvalue weighted by Gasteiger charge is 2.30. The van der Waals surface area contributed by atoms with E-state index in [0.717, 1.165) is 24.2 Å². The van der Waals surface area contributed by atoms with Crippen LogP contribution in [0.1, 0.15) is 24.5 Å². The maximum atomic E-state index is 5.40. The van der Waals surface area contributed by atoms with E-state index in [-0.39, 0.29) is 0 Å². The Bertz CT molecular complexity index is 307. The van der Waals surface area contributed by atoms with Crippen LogP contribution >= 0.6 is 0 Å². The average molecular weight is 210 g/mol. The van der Waals surface area contributed by atoms with Crippen molar-refractivity contribution in [2.75, 3.05) is 13.7 Å². The Morgan fingerprint density at radius 3 is 3.00 bits per heavy atom. The van der Waals surface area contributed by atoms with E-state index in [0.29, 0.717) is 12.6 Å². The molecule has 0 aromatic carbocycles. The quantitative estimate of drug-likeness (QED) is 0.773. The third-order valence-corrected chi connectivity index (χ3v) is 2.72. The van der Waals surface area contributed by atoms with Crippen molar-refractivity contribution in [3.8, 4) is 0 Å². The number of ether oxygens (including phenoxy) is 1. The summed E-state index contributed by atoms with van der Waals surface area (Å²) in [5.74, 6) is 2.40. The van der Waals surface area contributed by atoms with Gasteiger partial charge in [0.15, 0.2) is 0 Å². The van der Waals surface area contributed by atoms with E-state index in [1.165, 1.54) is 12.8 Å². The Morgan fingerprint density at radius 2 is 2.47 bits per heavy atom. The molecular formula is C11H18N2O2. The van der Waals surface area contributed by atoms with Gasteiger partial charge in [0.2, 0.25) is 5.89 Å². The first-order valence-electron chi connectivity index (χ1n) is 5.43. The maximum absolute atomic E-state index is 5.40. The lowest BCUT2D eigenvalue weighted by molar-refractivity contribution is 0.155. The van der Waals surface area contributed by atoms with Gasteiger partial charge in [-0.15, -0.1) is 0 Å². The molecular weight excluding hydrogens is 192 g/mol. The Kier molecular flexibility index (Phi) is 3.38. The van der Waals surface area contributed by atoms with Crippen molar-refractivity contribution in [1.29, 1.82) is 0 Å². The molecule has 0 bridgehead atoms. The molecule has 1 atom stereocenters. The van der Waals surface area contributed by atoms with Gasteiger partial charge < -0.3 is 14.5 Å². The van der Waals surface area contributed by atoms with Gasteiger partial charge in [-0.25, -0.2) is 4.98 Å². The first-order chi connectivity index (χ1) is 7.29. The summed E-state index contributed by atoms with van der Waals surface area (Å²) in [6.45, 7) is 3.37. The summed E-state index contributed by atoms with van der Waals surface area (Å²) in [5, 5.41) is 3.43. The van der Waals surface area contributed by atoms with Crippen molar-refractivity contribution in [2.45, 2.75) is 32.4 Å². The summed E-state index contributed by atoms with van der Waals surface area (Å²) in [5.41, 5.74) is 0. The highest BCUT2D eigenvalue weighted by atomic mass is 16.5. The van der Waals surface area contributed by atoms with Gasteiger partial charge in [-0.3, -0.25) is 0 Å². The molecule has 0 aliphatic heterocycles. The van der Waals surface area contributed by atoms with Gasteiger partial charge in [-0.05, 0) is 25.7 Å². The number of oxazole rings is 1. The molecule has 84 valence electrons. The van der Waals surface area contributed by atoms with E-state index < -0.39 is 0 Å². The molecule has 1 fully saturated rings. The molecule has 15 heavy (non-hydrogen) atoms. The van der Waals surface area contributed by atoms with Crippen molar-refractivity contribution in [3.05, 3.63) is 17.8 Å². The highest BCUT2D eigenvalue weighted by Crippen LogP contribution is 2.32. The minimum Gasteiger partial charge on any atom is -0.445 e. The molecule has 1 N–H and O–H groups in total. The van der Waals surface area contributed by atoms with Crippen LogP contribution < -0.4 is 5.32 Å². The van der Waals surface area contributed by atoms with Crippen LogP contribution in [-0.4, -0.2) is 24.7 Å². The molecule has 0 unspecified atom stereocenters. The fourth-order valence-electron chi connectivity index (χ4n) is 1.74. The number of rotatable bonds is 6. The summed E-state index contributed by atoms with van der Waals surface area (Å²) in [7, 11) is 1.74.